The first kappa shape index (κ1) is 15.9. The minimum absolute atomic E-state index is 0.260. The zero-order valence-electron chi connectivity index (χ0n) is 12.9. The number of nitrogens with zero attached hydrogens (tertiary/aromatic N) is 1. The van der Waals surface area contributed by atoms with Gasteiger partial charge in [-0.15, -0.1) is 0 Å². The Balaban J connectivity index is 2.21. The van der Waals surface area contributed by atoms with Gasteiger partial charge < -0.3 is 10.2 Å². The summed E-state index contributed by atoms with van der Waals surface area (Å²) in [6, 6.07) is 17.1. The first-order chi connectivity index (χ1) is 10.2. The van der Waals surface area contributed by atoms with Crippen LogP contribution < -0.4 is 10.2 Å². The molecule has 0 saturated heterocycles. The molecular formula is C18H23ClN2. The lowest BCUT2D eigenvalue weighted by Gasteiger charge is -2.24. The molecule has 0 spiro atoms. The van der Waals surface area contributed by atoms with Gasteiger partial charge in [0.05, 0.1) is 0 Å². The summed E-state index contributed by atoms with van der Waals surface area (Å²) < 4.78 is 0. The Morgan fingerprint density at radius 3 is 2.43 bits per heavy atom. The van der Waals surface area contributed by atoms with Crippen LogP contribution in [0.15, 0.2) is 48.5 Å². The maximum absolute atomic E-state index is 6.44. The second kappa shape index (κ2) is 7.48. The molecule has 2 rings (SSSR count). The van der Waals surface area contributed by atoms with Crippen LogP contribution >= 0.6 is 11.6 Å². The van der Waals surface area contributed by atoms with Gasteiger partial charge in [-0.2, -0.15) is 0 Å². The summed E-state index contributed by atoms with van der Waals surface area (Å²) >= 11 is 6.44. The second-order valence-corrected chi connectivity index (χ2v) is 5.62. The van der Waals surface area contributed by atoms with Gasteiger partial charge in [0.15, 0.2) is 0 Å². The number of rotatable bonds is 6. The van der Waals surface area contributed by atoms with E-state index in [0.717, 1.165) is 23.7 Å². The van der Waals surface area contributed by atoms with Gasteiger partial charge in [-0.1, -0.05) is 48.0 Å². The zero-order valence-corrected chi connectivity index (χ0v) is 13.7. The van der Waals surface area contributed by atoms with Crippen LogP contribution in [0, 0.1) is 0 Å². The highest BCUT2D eigenvalue weighted by molar-refractivity contribution is 6.31. The fourth-order valence-electron chi connectivity index (χ4n) is 2.41. The van der Waals surface area contributed by atoms with E-state index in [-0.39, 0.29) is 6.04 Å². The Morgan fingerprint density at radius 2 is 1.86 bits per heavy atom. The van der Waals surface area contributed by atoms with E-state index in [1.54, 1.807) is 0 Å². The third-order valence-corrected chi connectivity index (χ3v) is 4.17. The van der Waals surface area contributed by atoms with E-state index in [4.69, 9.17) is 11.6 Å². The smallest absolute Gasteiger partial charge is 0.0474 e. The normalized spacial score (nSPS) is 12.2. The highest BCUT2D eigenvalue weighted by atomic mass is 35.5. The molecule has 1 N–H and O–H groups in total. The van der Waals surface area contributed by atoms with Crippen LogP contribution in [0.4, 0.5) is 5.69 Å². The Labute approximate surface area is 132 Å². The highest BCUT2D eigenvalue weighted by Gasteiger charge is 2.11. The largest absolute Gasteiger partial charge is 0.367 e. The van der Waals surface area contributed by atoms with Crippen molar-refractivity contribution in [2.45, 2.75) is 26.4 Å². The van der Waals surface area contributed by atoms with Crippen LogP contribution in [-0.4, -0.2) is 13.6 Å². The number of benzene rings is 2. The molecule has 2 nitrogen and oxygen atoms in total. The van der Waals surface area contributed by atoms with Crippen LogP contribution in [0.25, 0.3) is 0 Å². The molecule has 112 valence electrons. The van der Waals surface area contributed by atoms with E-state index in [1.165, 1.54) is 11.3 Å². The molecule has 0 saturated carbocycles. The minimum Gasteiger partial charge on any atom is -0.367 e. The molecule has 0 aliphatic rings. The Kier molecular flexibility index (Phi) is 5.66. The van der Waals surface area contributed by atoms with Gasteiger partial charge in [-0.25, -0.2) is 0 Å². The summed E-state index contributed by atoms with van der Waals surface area (Å²) in [5, 5.41) is 4.05. The predicted octanol–water partition coefficient (Wildman–Crippen LogP) is 4.65. The van der Waals surface area contributed by atoms with E-state index >= 15 is 0 Å². The third-order valence-electron chi connectivity index (χ3n) is 3.85. The van der Waals surface area contributed by atoms with E-state index in [0.29, 0.717) is 0 Å². The van der Waals surface area contributed by atoms with Crippen molar-refractivity contribution in [2.24, 2.45) is 0 Å². The Morgan fingerprint density at radius 1 is 1.14 bits per heavy atom. The number of hydrogen-bond acceptors (Lipinski definition) is 2. The molecule has 3 heteroatoms. The van der Waals surface area contributed by atoms with Crippen molar-refractivity contribution in [3.05, 3.63) is 64.7 Å². The van der Waals surface area contributed by atoms with Crippen molar-refractivity contribution in [3.63, 3.8) is 0 Å². The van der Waals surface area contributed by atoms with Gasteiger partial charge >= 0.3 is 0 Å². The molecule has 1 unspecified atom stereocenters. The van der Waals surface area contributed by atoms with E-state index in [1.807, 2.05) is 13.1 Å². The Bertz CT molecular complexity index is 569. The zero-order chi connectivity index (χ0) is 15.2. The van der Waals surface area contributed by atoms with Gasteiger partial charge in [0.1, 0.15) is 0 Å². The maximum Gasteiger partial charge on any atom is 0.0474 e. The van der Waals surface area contributed by atoms with Crippen molar-refractivity contribution in [1.82, 2.24) is 5.32 Å². The van der Waals surface area contributed by atoms with Crippen molar-refractivity contribution < 1.29 is 0 Å². The fraction of sp³-hybridized carbons (Fsp3) is 0.333. The lowest BCUT2D eigenvalue weighted by atomic mass is 10.1. The molecule has 0 aliphatic carbocycles. The number of anilines is 1. The summed E-state index contributed by atoms with van der Waals surface area (Å²) in [7, 11) is 1.95. The van der Waals surface area contributed by atoms with Gasteiger partial charge in [0.25, 0.3) is 0 Å². The SMILES string of the molecule is CCN(Cc1ccccc1)c1ccc(C(C)NC)c(Cl)c1. The monoisotopic (exact) mass is 302 g/mol. The standard InChI is InChI=1S/C18H23ClN2/c1-4-21(13-15-8-6-5-7-9-15)16-10-11-17(14(2)20-3)18(19)12-16/h5-12,14,20H,4,13H2,1-3H3. The quantitative estimate of drug-likeness (QED) is 0.836. The first-order valence-corrected chi connectivity index (χ1v) is 7.79. The van der Waals surface area contributed by atoms with E-state index in [9.17, 15) is 0 Å². The maximum atomic E-state index is 6.44. The van der Waals surface area contributed by atoms with E-state index in [2.05, 4.69) is 66.5 Å². The van der Waals surface area contributed by atoms with Gasteiger partial charge in [-0.05, 0) is 44.2 Å². The van der Waals surface area contributed by atoms with Gasteiger partial charge in [-0.3, -0.25) is 0 Å². The second-order valence-electron chi connectivity index (χ2n) is 5.22. The summed E-state index contributed by atoms with van der Waals surface area (Å²) in [4.78, 5) is 2.33. The lowest BCUT2D eigenvalue weighted by Crippen LogP contribution is -2.22. The minimum atomic E-state index is 0.260. The molecule has 2 aromatic rings. The third kappa shape index (κ3) is 3.99. The van der Waals surface area contributed by atoms with Gasteiger partial charge in [0, 0.05) is 29.8 Å². The first-order valence-electron chi connectivity index (χ1n) is 7.41. The Hall–Kier alpha value is -1.51. The topological polar surface area (TPSA) is 15.3 Å². The van der Waals surface area contributed by atoms with Crippen molar-refractivity contribution >= 4 is 17.3 Å². The van der Waals surface area contributed by atoms with Crippen LogP contribution in [0.2, 0.25) is 5.02 Å². The molecule has 0 bridgehead atoms. The molecule has 21 heavy (non-hydrogen) atoms. The lowest BCUT2D eigenvalue weighted by molar-refractivity contribution is 0.652. The molecular weight excluding hydrogens is 280 g/mol. The summed E-state index contributed by atoms with van der Waals surface area (Å²) in [5.74, 6) is 0. The van der Waals surface area contributed by atoms with Crippen LogP contribution in [0.3, 0.4) is 0 Å². The van der Waals surface area contributed by atoms with Crippen molar-refractivity contribution in [3.8, 4) is 0 Å². The predicted molar refractivity (Wildman–Crippen MR) is 92.1 cm³/mol. The molecule has 0 radical (unpaired) electrons. The fourth-order valence-corrected chi connectivity index (χ4v) is 2.75. The van der Waals surface area contributed by atoms with Gasteiger partial charge in [0.2, 0.25) is 0 Å². The van der Waals surface area contributed by atoms with Crippen LogP contribution in [0.5, 0.6) is 0 Å². The van der Waals surface area contributed by atoms with Crippen molar-refractivity contribution in [1.29, 1.82) is 0 Å². The van der Waals surface area contributed by atoms with E-state index < -0.39 is 0 Å². The van der Waals surface area contributed by atoms with Crippen LogP contribution in [-0.2, 0) is 6.54 Å². The average Bonchev–Trinajstić information content (AvgIpc) is 2.52. The summed E-state index contributed by atoms with van der Waals surface area (Å²) in [6.45, 7) is 6.13. The number of hydrogen-bond donors (Lipinski definition) is 1. The molecule has 0 heterocycles. The molecule has 2 aromatic carbocycles. The van der Waals surface area contributed by atoms with Crippen LogP contribution in [0.1, 0.15) is 31.0 Å². The highest BCUT2D eigenvalue weighted by Crippen LogP contribution is 2.28. The number of halogens is 1. The average molecular weight is 303 g/mol. The molecule has 0 fully saturated rings. The summed E-state index contributed by atoms with van der Waals surface area (Å²) in [5.41, 5.74) is 3.61. The number of nitrogens with one attached hydrogen (secondary N) is 1. The molecule has 0 aliphatic heterocycles. The summed E-state index contributed by atoms with van der Waals surface area (Å²) in [6.07, 6.45) is 0. The molecule has 0 aromatic heterocycles. The molecule has 0 amide bonds. The van der Waals surface area contributed by atoms with Crippen molar-refractivity contribution in [2.75, 3.05) is 18.5 Å². The molecule has 1 atom stereocenters.